The summed E-state index contributed by atoms with van der Waals surface area (Å²) in [6, 6.07) is 0.292. The Kier molecular flexibility index (Phi) is 8.57. The molecule has 0 aliphatic rings. The van der Waals surface area contributed by atoms with Crippen molar-refractivity contribution in [3.63, 3.8) is 0 Å². The lowest BCUT2D eigenvalue weighted by atomic mass is 10.00. The Morgan fingerprint density at radius 1 is 1.08 bits per heavy atom. The summed E-state index contributed by atoms with van der Waals surface area (Å²) in [6.45, 7) is 1.41. The van der Waals surface area contributed by atoms with Crippen LogP contribution < -0.4 is 10.6 Å². The normalized spacial score (nSPS) is 12.2. The second-order valence-corrected chi connectivity index (χ2v) is 5.17. The van der Waals surface area contributed by atoms with Crippen LogP contribution in [0.15, 0.2) is 6.07 Å². The Morgan fingerprint density at radius 2 is 1.62 bits per heavy atom. The van der Waals surface area contributed by atoms with Gasteiger partial charge in [-0.2, -0.15) is 0 Å². The summed E-state index contributed by atoms with van der Waals surface area (Å²) in [5.74, 6) is -8.25. The van der Waals surface area contributed by atoms with E-state index in [9.17, 15) is 36.7 Å². The average Bonchev–Trinajstić information content (AvgIpc) is 2.62. The van der Waals surface area contributed by atoms with Crippen LogP contribution in [-0.2, 0) is 14.4 Å². The van der Waals surface area contributed by atoms with Crippen molar-refractivity contribution in [1.82, 2.24) is 15.5 Å². The SMILES string of the molecule is CNC(C)(C(=O)NC=O)C(=O)N(C)C.O=Cc1cc(F)c(F)c(F)c1F. The summed E-state index contributed by atoms with van der Waals surface area (Å²) < 4.78 is 49.2. The van der Waals surface area contributed by atoms with Gasteiger partial charge in [-0.25, -0.2) is 17.6 Å². The highest BCUT2D eigenvalue weighted by atomic mass is 19.2. The molecule has 0 bridgehead atoms. The molecule has 7 nitrogen and oxygen atoms in total. The molecule has 1 rings (SSSR count). The molecule has 3 amide bonds. The lowest BCUT2D eigenvalue weighted by Gasteiger charge is -2.28. The number of carbonyl (C=O) groups is 4. The molecule has 0 saturated heterocycles. The van der Waals surface area contributed by atoms with Gasteiger partial charge in [0.15, 0.2) is 35.1 Å². The molecular formula is C15H17F4N3O4. The minimum atomic E-state index is -1.97. The third kappa shape index (κ3) is 5.09. The number of amides is 3. The van der Waals surface area contributed by atoms with E-state index < -0.39 is 46.2 Å². The molecule has 0 aliphatic carbocycles. The van der Waals surface area contributed by atoms with Gasteiger partial charge in [-0.05, 0) is 20.0 Å². The predicted molar refractivity (Wildman–Crippen MR) is 82.0 cm³/mol. The number of nitrogens with zero attached hydrogens (tertiary/aromatic N) is 1. The van der Waals surface area contributed by atoms with Crippen molar-refractivity contribution in [1.29, 1.82) is 0 Å². The fraction of sp³-hybridized carbons (Fsp3) is 0.333. The molecule has 0 spiro atoms. The van der Waals surface area contributed by atoms with Gasteiger partial charge < -0.3 is 4.90 Å². The summed E-state index contributed by atoms with van der Waals surface area (Å²) in [5.41, 5.74) is -2.25. The zero-order valence-corrected chi connectivity index (χ0v) is 14.3. The highest BCUT2D eigenvalue weighted by molar-refractivity contribution is 6.11. The van der Waals surface area contributed by atoms with Crippen molar-refractivity contribution < 1.29 is 36.7 Å². The van der Waals surface area contributed by atoms with Crippen LogP contribution >= 0.6 is 0 Å². The van der Waals surface area contributed by atoms with Gasteiger partial charge in [0, 0.05) is 14.1 Å². The highest BCUT2D eigenvalue weighted by Crippen LogP contribution is 2.16. The molecule has 1 atom stereocenters. The van der Waals surface area contributed by atoms with E-state index in [0.717, 1.165) is 0 Å². The van der Waals surface area contributed by atoms with Crippen LogP contribution in [0.25, 0.3) is 0 Å². The number of halogens is 4. The van der Waals surface area contributed by atoms with E-state index in [4.69, 9.17) is 0 Å². The maximum absolute atomic E-state index is 12.4. The molecule has 11 heteroatoms. The molecule has 0 aromatic heterocycles. The minimum Gasteiger partial charge on any atom is -0.347 e. The summed E-state index contributed by atoms with van der Waals surface area (Å²) >= 11 is 0. The first-order valence-electron chi connectivity index (χ1n) is 6.91. The van der Waals surface area contributed by atoms with E-state index in [1.165, 1.54) is 33.0 Å². The second-order valence-electron chi connectivity index (χ2n) is 5.17. The van der Waals surface area contributed by atoms with E-state index in [1.807, 2.05) is 5.32 Å². The maximum Gasteiger partial charge on any atom is 0.256 e. The van der Waals surface area contributed by atoms with Crippen LogP contribution in [0.5, 0.6) is 0 Å². The average molecular weight is 379 g/mol. The van der Waals surface area contributed by atoms with Crippen LogP contribution in [0.2, 0.25) is 0 Å². The molecule has 0 heterocycles. The van der Waals surface area contributed by atoms with Crippen LogP contribution in [0, 0.1) is 23.3 Å². The quantitative estimate of drug-likeness (QED) is 0.254. The zero-order chi connectivity index (χ0) is 20.7. The molecule has 0 saturated carbocycles. The van der Waals surface area contributed by atoms with Gasteiger partial charge in [0.05, 0.1) is 5.56 Å². The topological polar surface area (TPSA) is 95.6 Å². The van der Waals surface area contributed by atoms with Gasteiger partial charge in [0.1, 0.15) is 0 Å². The molecule has 1 unspecified atom stereocenters. The molecule has 144 valence electrons. The summed E-state index contributed by atoms with van der Waals surface area (Å²) in [7, 11) is 4.55. The largest absolute Gasteiger partial charge is 0.347 e. The van der Waals surface area contributed by atoms with E-state index in [0.29, 0.717) is 6.07 Å². The van der Waals surface area contributed by atoms with Crippen LogP contribution in [0.3, 0.4) is 0 Å². The Bertz CT molecular complexity index is 713. The Balaban J connectivity index is 0.000000485. The van der Waals surface area contributed by atoms with Crippen molar-refractivity contribution in [2.45, 2.75) is 12.5 Å². The third-order valence-electron chi connectivity index (χ3n) is 3.24. The van der Waals surface area contributed by atoms with Gasteiger partial charge in [-0.1, -0.05) is 0 Å². The number of rotatable bonds is 5. The van der Waals surface area contributed by atoms with Crippen LogP contribution in [0.4, 0.5) is 17.6 Å². The van der Waals surface area contributed by atoms with Gasteiger partial charge in [0.2, 0.25) is 6.41 Å². The lowest BCUT2D eigenvalue weighted by Crippen LogP contribution is -2.62. The number of hydrogen-bond acceptors (Lipinski definition) is 5. The number of aldehydes is 1. The van der Waals surface area contributed by atoms with Gasteiger partial charge >= 0.3 is 0 Å². The summed E-state index contributed by atoms with van der Waals surface area (Å²) in [5, 5.41) is 4.53. The molecular weight excluding hydrogens is 362 g/mol. The maximum atomic E-state index is 12.4. The fourth-order valence-electron chi connectivity index (χ4n) is 1.64. The fourth-order valence-corrected chi connectivity index (χ4v) is 1.64. The number of imide groups is 1. The van der Waals surface area contributed by atoms with Crippen LogP contribution in [-0.4, -0.2) is 56.1 Å². The van der Waals surface area contributed by atoms with Crippen molar-refractivity contribution in [2.75, 3.05) is 21.1 Å². The minimum absolute atomic E-state index is 0.0963. The third-order valence-corrected chi connectivity index (χ3v) is 3.24. The highest BCUT2D eigenvalue weighted by Gasteiger charge is 2.40. The molecule has 1 aromatic rings. The Hall–Kier alpha value is -2.82. The zero-order valence-electron chi connectivity index (χ0n) is 14.3. The summed E-state index contributed by atoms with van der Waals surface area (Å²) in [6.07, 6.45) is 0.155. The standard InChI is InChI=1S/C8H15N3O3.C7H2F4O/c1-8(9-2,6(13)10-5-12)7(14)11(3)4;8-4-1-3(2-12)5(9)7(11)6(4)10/h5,9H,1-4H3,(H,10,12,13);1-2H. The van der Waals surface area contributed by atoms with Crippen molar-refractivity contribution in [2.24, 2.45) is 0 Å². The Morgan fingerprint density at radius 3 is 2.00 bits per heavy atom. The molecule has 2 N–H and O–H groups in total. The number of nitrogens with one attached hydrogen (secondary N) is 2. The Labute approximate surface area is 146 Å². The van der Waals surface area contributed by atoms with Crippen molar-refractivity contribution in [3.8, 4) is 0 Å². The first-order chi connectivity index (χ1) is 12.0. The smallest absolute Gasteiger partial charge is 0.256 e. The van der Waals surface area contributed by atoms with E-state index in [-0.39, 0.29) is 12.7 Å². The molecule has 0 aliphatic heterocycles. The number of carbonyl (C=O) groups excluding carboxylic acids is 4. The predicted octanol–water partition coefficient (Wildman–Crippen LogP) is 0.381. The monoisotopic (exact) mass is 379 g/mol. The second kappa shape index (κ2) is 9.61. The van der Waals surface area contributed by atoms with E-state index >= 15 is 0 Å². The number of hydrogen-bond donors (Lipinski definition) is 2. The lowest BCUT2D eigenvalue weighted by molar-refractivity contribution is -0.143. The van der Waals surface area contributed by atoms with Crippen LogP contribution in [0.1, 0.15) is 17.3 Å². The van der Waals surface area contributed by atoms with Gasteiger partial charge in [0.25, 0.3) is 11.8 Å². The molecule has 26 heavy (non-hydrogen) atoms. The summed E-state index contributed by atoms with van der Waals surface area (Å²) in [4.78, 5) is 44.3. The van der Waals surface area contributed by atoms with E-state index in [1.54, 1.807) is 0 Å². The molecule has 0 fully saturated rings. The van der Waals surface area contributed by atoms with E-state index in [2.05, 4.69) is 5.32 Å². The van der Waals surface area contributed by atoms with Crippen molar-refractivity contribution in [3.05, 3.63) is 34.9 Å². The molecule has 1 aromatic carbocycles. The number of benzene rings is 1. The number of likely N-dealkylation sites (N-methyl/N-ethyl adjacent to an activating group) is 2. The first kappa shape index (κ1) is 23.2. The van der Waals surface area contributed by atoms with Crippen molar-refractivity contribution >= 4 is 24.5 Å². The van der Waals surface area contributed by atoms with Gasteiger partial charge in [-0.15, -0.1) is 0 Å². The molecule has 0 radical (unpaired) electrons. The first-order valence-corrected chi connectivity index (χ1v) is 6.91. The van der Waals surface area contributed by atoms with Gasteiger partial charge in [-0.3, -0.25) is 29.8 Å².